The average Bonchev–Trinajstić information content (AvgIpc) is 2.22. The molecule has 0 radical (unpaired) electrons. The highest BCUT2D eigenvalue weighted by Gasteiger charge is 2.15. The van der Waals surface area contributed by atoms with Gasteiger partial charge in [0.1, 0.15) is 0 Å². The van der Waals surface area contributed by atoms with Crippen molar-refractivity contribution in [3.8, 4) is 0 Å². The summed E-state index contributed by atoms with van der Waals surface area (Å²) in [5.41, 5.74) is 0. The number of esters is 1. The van der Waals surface area contributed by atoms with E-state index in [1.54, 1.807) is 6.08 Å². The molecule has 0 amide bonds. The van der Waals surface area contributed by atoms with Gasteiger partial charge in [0.15, 0.2) is 0 Å². The second kappa shape index (κ2) is 8.44. The quantitative estimate of drug-likeness (QED) is 0.496. The summed E-state index contributed by atoms with van der Waals surface area (Å²) in [6.07, 6.45) is 4.59. The van der Waals surface area contributed by atoms with Crippen molar-refractivity contribution in [1.29, 1.82) is 0 Å². The summed E-state index contributed by atoms with van der Waals surface area (Å²) in [7, 11) is 0. The van der Waals surface area contributed by atoms with Gasteiger partial charge >= 0.3 is 5.97 Å². The van der Waals surface area contributed by atoms with Crippen molar-refractivity contribution >= 4 is 5.97 Å². The summed E-state index contributed by atoms with van der Waals surface area (Å²) in [6, 6.07) is 0. The van der Waals surface area contributed by atoms with Crippen LogP contribution in [0.3, 0.4) is 0 Å². The van der Waals surface area contributed by atoms with E-state index in [2.05, 4.69) is 4.74 Å². The van der Waals surface area contributed by atoms with E-state index in [4.69, 9.17) is 5.11 Å². The lowest BCUT2D eigenvalue weighted by molar-refractivity contribution is -0.135. The maximum absolute atomic E-state index is 10.4. The molecular weight excluding hydrogens is 196 g/mol. The predicted octanol–water partition coefficient (Wildman–Crippen LogP) is 1.22. The zero-order chi connectivity index (χ0) is 11.7. The Labute approximate surface area is 90.6 Å². The van der Waals surface area contributed by atoms with Crippen LogP contribution in [0.1, 0.15) is 33.1 Å². The van der Waals surface area contributed by atoms with Gasteiger partial charge in [-0.1, -0.05) is 6.92 Å². The van der Waals surface area contributed by atoms with Crippen LogP contribution in [0.25, 0.3) is 0 Å². The smallest absolute Gasteiger partial charge is 0.307 e. The Morgan fingerprint density at radius 1 is 1.53 bits per heavy atom. The molecule has 0 aromatic heterocycles. The molecule has 0 fully saturated rings. The molecule has 0 aliphatic rings. The fraction of sp³-hybridized carbons (Fsp3) is 0.727. The largest absolute Gasteiger partial charge is 0.435 e. The van der Waals surface area contributed by atoms with Gasteiger partial charge in [-0.25, -0.2) is 0 Å². The summed E-state index contributed by atoms with van der Waals surface area (Å²) in [4.78, 5) is 10.4. The first-order chi connectivity index (χ1) is 7.11. The minimum Gasteiger partial charge on any atom is -0.435 e. The van der Waals surface area contributed by atoms with E-state index in [1.165, 1.54) is 13.2 Å². The summed E-state index contributed by atoms with van der Waals surface area (Å²) < 4.78 is 4.60. The van der Waals surface area contributed by atoms with Gasteiger partial charge in [-0.15, -0.1) is 0 Å². The first-order valence-corrected chi connectivity index (χ1v) is 5.23. The van der Waals surface area contributed by atoms with Gasteiger partial charge in [0.05, 0.1) is 12.4 Å². The Morgan fingerprint density at radius 2 is 2.20 bits per heavy atom. The van der Waals surface area contributed by atoms with Gasteiger partial charge in [0, 0.05) is 19.4 Å². The number of allylic oxidation sites excluding steroid dienone is 1. The normalized spacial score (nSPS) is 15.2. The van der Waals surface area contributed by atoms with E-state index in [-0.39, 0.29) is 18.5 Å². The highest BCUT2D eigenvalue weighted by Crippen LogP contribution is 2.13. The molecule has 4 nitrogen and oxygen atoms in total. The number of hydrogen-bond donors (Lipinski definition) is 2. The van der Waals surface area contributed by atoms with Gasteiger partial charge in [-0.2, -0.15) is 0 Å². The predicted molar refractivity (Wildman–Crippen MR) is 57.0 cm³/mol. The Balaban J connectivity index is 3.72. The Kier molecular flexibility index (Phi) is 7.95. The molecule has 0 rings (SSSR count). The van der Waals surface area contributed by atoms with Gasteiger partial charge in [0.2, 0.25) is 0 Å². The van der Waals surface area contributed by atoms with Crippen LogP contribution in [0, 0.1) is 5.92 Å². The zero-order valence-electron chi connectivity index (χ0n) is 9.35. The number of ether oxygens (including phenoxy) is 1. The Morgan fingerprint density at radius 3 is 2.67 bits per heavy atom. The lowest BCUT2D eigenvalue weighted by Crippen LogP contribution is -2.22. The van der Waals surface area contributed by atoms with Crippen molar-refractivity contribution in [2.45, 2.75) is 39.2 Å². The molecule has 0 bridgehead atoms. The minimum absolute atomic E-state index is 0.0174. The van der Waals surface area contributed by atoms with E-state index < -0.39 is 6.10 Å². The number of rotatable bonds is 7. The second-order valence-corrected chi connectivity index (χ2v) is 3.48. The van der Waals surface area contributed by atoms with Crippen LogP contribution in [0.4, 0.5) is 0 Å². The van der Waals surface area contributed by atoms with Crippen LogP contribution >= 0.6 is 0 Å². The van der Waals surface area contributed by atoms with Crippen LogP contribution in [0.15, 0.2) is 12.3 Å². The summed E-state index contributed by atoms with van der Waals surface area (Å²) in [6.45, 7) is 3.19. The van der Waals surface area contributed by atoms with Gasteiger partial charge < -0.3 is 14.9 Å². The molecule has 0 spiro atoms. The molecule has 0 saturated carbocycles. The third-order valence-corrected chi connectivity index (χ3v) is 2.23. The number of aliphatic hydroxyl groups is 2. The van der Waals surface area contributed by atoms with Crippen LogP contribution in [-0.2, 0) is 9.53 Å². The first-order valence-electron chi connectivity index (χ1n) is 5.23. The second-order valence-electron chi connectivity index (χ2n) is 3.48. The molecule has 0 aliphatic carbocycles. The molecule has 0 saturated heterocycles. The molecule has 4 heteroatoms. The van der Waals surface area contributed by atoms with Gasteiger partial charge in [-0.05, 0) is 25.3 Å². The number of hydrogen-bond acceptors (Lipinski definition) is 4. The van der Waals surface area contributed by atoms with Gasteiger partial charge in [0.25, 0.3) is 0 Å². The molecule has 0 heterocycles. The molecule has 0 aromatic rings. The molecule has 2 atom stereocenters. The van der Waals surface area contributed by atoms with Crippen molar-refractivity contribution in [2.24, 2.45) is 5.92 Å². The maximum atomic E-state index is 10.4. The van der Waals surface area contributed by atoms with Crippen LogP contribution in [-0.4, -0.2) is 28.9 Å². The molecule has 88 valence electrons. The fourth-order valence-electron chi connectivity index (χ4n) is 1.26. The first kappa shape index (κ1) is 14.1. The van der Waals surface area contributed by atoms with Crippen LogP contribution in [0.5, 0.6) is 0 Å². The van der Waals surface area contributed by atoms with Gasteiger partial charge in [-0.3, -0.25) is 4.79 Å². The molecular formula is C11H20O4. The summed E-state index contributed by atoms with van der Waals surface area (Å²) >= 11 is 0. The van der Waals surface area contributed by atoms with E-state index >= 15 is 0 Å². The van der Waals surface area contributed by atoms with Crippen molar-refractivity contribution in [1.82, 2.24) is 0 Å². The highest BCUT2D eigenvalue weighted by molar-refractivity contribution is 5.66. The fourth-order valence-corrected chi connectivity index (χ4v) is 1.26. The van der Waals surface area contributed by atoms with Crippen LogP contribution in [0.2, 0.25) is 0 Å². The minimum atomic E-state index is -0.461. The number of carbonyl (C=O) groups excluding carboxylic acids is 1. The lowest BCUT2D eigenvalue weighted by Gasteiger charge is -2.18. The molecule has 2 unspecified atom stereocenters. The van der Waals surface area contributed by atoms with E-state index in [0.717, 1.165) is 0 Å². The topological polar surface area (TPSA) is 66.8 Å². The maximum Gasteiger partial charge on any atom is 0.307 e. The van der Waals surface area contributed by atoms with Crippen molar-refractivity contribution in [2.75, 3.05) is 6.61 Å². The van der Waals surface area contributed by atoms with E-state index in [0.29, 0.717) is 19.3 Å². The van der Waals surface area contributed by atoms with Crippen molar-refractivity contribution in [3.63, 3.8) is 0 Å². The molecule has 15 heavy (non-hydrogen) atoms. The van der Waals surface area contributed by atoms with Crippen LogP contribution < -0.4 is 0 Å². The van der Waals surface area contributed by atoms with E-state index in [9.17, 15) is 9.90 Å². The number of carbonyl (C=O) groups is 1. The Hall–Kier alpha value is -0.870. The van der Waals surface area contributed by atoms with Crippen molar-refractivity contribution in [3.05, 3.63) is 12.3 Å². The lowest BCUT2D eigenvalue weighted by atomic mass is 9.96. The van der Waals surface area contributed by atoms with Crippen molar-refractivity contribution < 1.29 is 19.7 Å². The molecule has 0 aliphatic heterocycles. The SMILES string of the molecule is CCC(O)C(CO)CCC=COC(C)=O. The standard InChI is InChI=1S/C11H20O4/c1-3-11(14)10(8-12)6-4-5-7-15-9(2)13/h5,7,10-12,14H,3-4,6,8H2,1-2H3. The van der Waals surface area contributed by atoms with E-state index in [1.807, 2.05) is 6.92 Å². The number of aliphatic hydroxyl groups excluding tert-OH is 2. The third-order valence-electron chi connectivity index (χ3n) is 2.23. The Bertz CT molecular complexity index is 201. The summed E-state index contributed by atoms with van der Waals surface area (Å²) in [5.74, 6) is -0.449. The average molecular weight is 216 g/mol. The highest BCUT2D eigenvalue weighted by atomic mass is 16.5. The zero-order valence-corrected chi connectivity index (χ0v) is 9.35. The third kappa shape index (κ3) is 7.11. The monoisotopic (exact) mass is 216 g/mol. The molecule has 2 N–H and O–H groups in total. The summed E-state index contributed by atoms with van der Waals surface area (Å²) in [5, 5.41) is 18.5. The molecule has 0 aromatic carbocycles.